The van der Waals surface area contributed by atoms with Crippen molar-refractivity contribution in [2.75, 3.05) is 6.54 Å². The Morgan fingerprint density at radius 1 is 1.39 bits per heavy atom. The number of hydrogen-bond acceptors (Lipinski definition) is 2. The first-order valence-corrected chi connectivity index (χ1v) is 5.33. The summed E-state index contributed by atoms with van der Waals surface area (Å²) in [5.41, 5.74) is 0.0666. The predicted octanol–water partition coefficient (Wildman–Crippen LogP) is 1.34. The van der Waals surface area contributed by atoms with Crippen LogP contribution in [0.2, 0.25) is 0 Å². The van der Waals surface area contributed by atoms with Gasteiger partial charge in [0.1, 0.15) is 11.6 Å². The van der Waals surface area contributed by atoms with Gasteiger partial charge in [0.25, 0.3) is 0 Å². The zero-order valence-corrected chi connectivity index (χ0v) is 9.74. The molecule has 4 nitrogen and oxygen atoms in total. The van der Waals surface area contributed by atoms with Crippen molar-refractivity contribution in [3.63, 3.8) is 0 Å². The lowest BCUT2D eigenvalue weighted by Crippen LogP contribution is -2.32. The zero-order valence-electron chi connectivity index (χ0n) is 9.74. The van der Waals surface area contributed by atoms with Crippen molar-refractivity contribution in [2.24, 2.45) is 5.92 Å². The monoisotopic (exact) mass is 257 g/mol. The van der Waals surface area contributed by atoms with Crippen LogP contribution < -0.4 is 5.32 Å². The standard InChI is InChI=1S/C12H13F2NO3/c1-7(12(17)18)6-15-11(16)4-8-2-3-9(13)5-10(8)14/h2-3,5,7H,4,6H2,1H3,(H,15,16)(H,17,18). The van der Waals surface area contributed by atoms with Crippen molar-refractivity contribution in [1.82, 2.24) is 5.32 Å². The van der Waals surface area contributed by atoms with Gasteiger partial charge >= 0.3 is 5.97 Å². The Kier molecular flexibility index (Phi) is 4.76. The van der Waals surface area contributed by atoms with E-state index in [-0.39, 0.29) is 18.5 Å². The molecule has 0 aliphatic rings. The molecule has 0 aromatic heterocycles. The fraction of sp³-hybridized carbons (Fsp3) is 0.333. The van der Waals surface area contributed by atoms with Gasteiger partial charge in [-0.3, -0.25) is 9.59 Å². The van der Waals surface area contributed by atoms with E-state index in [1.165, 1.54) is 13.0 Å². The van der Waals surface area contributed by atoms with Gasteiger partial charge in [0.15, 0.2) is 0 Å². The molecule has 2 N–H and O–H groups in total. The summed E-state index contributed by atoms with van der Waals surface area (Å²) in [5.74, 6) is -3.75. The molecular formula is C12H13F2NO3. The molecule has 0 radical (unpaired) electrons. The highest BCUT2D eigenvalue weighted by atomic mass is 19.1. The number of carboxylic acids is 1. The van der Waals surface area contributed by atoms with Gasteiger partial charge in [-0.2, -0.15) is 0 Å². The van der Waals surface area contributed by atoms with E-state index in [0.29, 0.717) is 6.07 Å². The highest BCUT2D eigenvalue weighted by Crippen LogP contribution is 2.10. The maximum absolute atomic E-state index is 13.2. The van der Waals surface area contributed by atoms with Crippen LogP contribution in [0.3, 0.4) is 0 Å². The van der Waals surface area contributed by atoms with Gasteiger partial charge in [0, 0.05) is 12.6 Å². The minimum atomic E-state index is -1.02. The van der Waals surface area contributed by atoms with Crippen LogP contribution in [0.4, 0.5) is 8.78 Å². The van der Waals surface area contributed by atoms with Crippen LogP contribution in [-0.4, -0.2) is 23.5 Å². The molecule has 6 heteroatoms. The normalized spacial score (nSPS) is 11.9. The number of halogens is 2. The second kappa shape index (κ2) is 6.09. The minimum absolute atomic E-state index is 0.0308. The van der Waals surface area contributed by atoms with Gasteiger partial charge in [-0.15, -0.1) is 0 Å². The molecule has 1 rings (SSSR count). The summed E-state index contributed by atoms with van der Waals surface area (Å²) >= 11 is 0. The van der Waals surface area contributed by atoms with Gasteiger partial charge in [-0.25, -0.2) is 8.78 Å². The fourth-order valence-electron chi connectivity index (χ4n) is 1.25. The summed E-state index contributed by atoms with van der Waals surface area (Å²) in [7, 11) is 0. The summed E-state index contributed by atoms with van der Waals surface area (Å²) in [5, 5.41) is 11.0. The van der Waals surface area contributed by atoms with E-state index >= 15 is 0 Å². The largest absolute Gasteiger partial charge is 0.481 e. The highest BCUT2D eigenvalue weighted by Gasteiger charge is 2.13. The van der Waals surface area contributed by atoms with E-state index in [1.54, 1.807) is 0 Å². The van der Waals surface area contributed by atoms with Crippen molar-refractivity contribution in [3.8, 4) is 0 Å². The average molecular weight is 257 g/mol. The number of amides is 1. The third kappa shape index (κ3) is 4.12. The van der Waals surface area contributed by atoms with E-state index in [9.17, 15) is 18.4 Å². The SMILES string of the molecule is CC(CNC(=O)Cc1ccc(F)cc1F)C(=O)O. The van der Waals surface area contributed by atoms with Crippen molar-refractivity contribution >= 4 is 11.9 Å². The third-order valence-electron chi connectivity index (χ3n) is 2.39. The Bertz CT molecular complexity index is 463. The van der Waals surface area contributed by atoms with Gasteiger partial charge in [0.05, 0.1) is 12.3 Å². The summed E-state index contributed by atoms with van der Waals surface area (Å²) < 4.78 is 25.8. The quantitative estimate of drug-likeness (QED) is 0.836. The van der Waals surface area contributed by atoms with Gasteiger partial charge in [-0.1, -0.05) is 13.0 Å². The summed E-state index contributed by atoms with van der Waals surface area (Å²) in [4.78, 5) is 21.9. The summed E-state index contributed by atoms with van der Waals surface area (Å²) in [6.45, 7) is 1.41. The van der Waals surface area contributed by atoms with Crippen LogP contribution in [0.15, 0.2) is 18.2 Å². The lowest BCUT2D eigenvalue weighted by atomic mass is 10.1. The molecule has 0 aliphatic heterocycles. The molecule has 0 heterocycles. The van der Waals surface area contributed by atoms with Crippen LogP contribution in [0.1, 0.15) is 12.5 Å². The molecule has 0 saturated heterocycles. The predicted molar refractivity (Wildman–Crippen MR) is 59.9 cm³/mol. The number of benzene rings is 1. The first kappa shape index (κ1) is 14.1. The van der Waals surface area contributed by atoms with Crippen LogP contribution in [-0.2, 0) is 16.0 Å². The summed E-state index contributed by atoms with van der Waals surface area (Å²) in [6.07, 6.45) is -0.252. The number of carboxylic acid groups (broad SMARTS) is 1. The average Bonchev–Trinajstić information content (AvgIpc) is 2.29. The molecule has 1 atom stereocenters. The molecule has 0 saturated carbocycles. The molecule has 0 spiro atoms. The number of nitrogens with one attached hydrogen (secondary N) is 1. The van der Waals surface area contributed by atoms with Gasteiger partial charge < -0.3 is 10.4 Å². The van der Waals surface area contributed by atoms with Crippen LogP contribution in [0.5, 0.6) is 0 Å². The van der Waals surface area contributed by atoms with Crippen molar-refractivity contribution in [3.05, 3.63) is 35.4 Å². The smallest absolute Gasteiger partial charge is 0.308 e. The molecule has 1 amide bonds. The molecule has 1 aromatic rings. The van der Waals surface area contributed by atoms with Crippen molar-refractivity contribution in [1.29, 1.82) is 0 Å². The number of carbonyl (C=O) groups is 2. The molecule has 0 bridgehead atoms. The lowest BCUT2D eigenvalue weighted by Gasteiger charge is -2.08. The second-order valence-electron chi connectivity index (χ2n) is 3.96. The Morgan fingerprint density at radius 3 is 2.61 bits per heavy atom. The van der Waals surface area contributed by atoms with Crippen LogP contribution in [0, 0.1) is 17.6 Å². The topological polar surface area (TPSA) is 66.4 Å². The maximum Gasteiger partial charge on any atom is 0.308 e. The Labute approximate surface area is 103 Å². The molecule has 1 aromatic carbocycles. The number of hydrogen-bond donors (Lipinski definition) is 2. The molecule has 98 valence electrons. The summed E-state index contributed by atoms with van der Waals surface area (Å²) in [6, 6.07) is 2.94. The number of aliphatic carboxylic acids is 1. The number of rotatable bonds is 5. The first-order chi connectivity index (χ1) is 8.40. The van der Waals surface area contributed by atoms with Crippen LogP contribution >= 0.6 is 0 Å². The second-order valence-corrected chi connectivity index (χ2v) is 3.96. The Morgan fingerprint density at radius 2 is 2.06 bits per heavy atom. The van der Waals surface area contributed by atoms with Crippen LogP contribution in [0.25, 0.3) is 0 Å². The van der Waals surface area contributed by atoms with E-state index in [4.69, 9.17) is 5.11 Å². The maximum atomic E-state index is 13.2. The van der Waals surface area contributed by atoms with E-state index in [2.05, 4.69) is 5.32 Å². The third-order valence-corrected chi connectivity index (χ3v) is 2.39. The number of carbonyl (C=O) groups excluding carboxylic acids is 1. The van der Waals surface area contributed by atoms with E-state index in [0.717, 1.165) is 6.07 Å². The molecular weight excluding hydrogens is 244 g/mol. The Balaban J connectivity index is 2.52. The zero-order chi connectivity index (χ0) is 13.7. The minimum Gasteiger partial charge on any atom is -0.481 e. The molecule has 0 fully saturated rings. The van der Waals surface area contributed by atoms with Gasteiger partial charge in [0.2, 0.25) is 5.91 Å². The van der Waals surface area contributed by atoms with Crippen molar-refractivity contribution < 1.29 is 23.5 Å². The van der Waals surface area contributed by atoms with Crippen molar-refractivity contribution in [2.45, 2.75) is 13.3 Å². The van der Waals surface area contributed by atoms with Gasteiger partial charge in [-0.05, 0) is 11.6 Å². The molecule has 18 heavy (non-hydrogen) atoms. The van der Waals surface area contributed by atoms with E-state index < -0.39 is 29.4 Å². The lowest BCUT2D eigenvalue weighted by molar-refractivity contribution is -0.141. The highest BCUT2D eigenvalue weighted by molar-refractivity contribution is 5.79. The molecule has 0 aliphatic carbocycles. The fourth-order valence-corrected chi connectivity index (χ4v) is 1.25. The first-order valence-electron chi connectivity index (χ1n) is 5.33. The van der Waals surface area contributed by atoms with E-state index in [1.807, 2.05) is 0 Å². The Hall–Kier alpha value is -1.98. The molecule has 1 unspecified atom stereocenters.